The summed E-state index contributed by atoms with van der Waals surface area (Å²) in [7, 11) is 0. The normalized spacial score (nSPS) is 9.64. The van der Waals surface area contributed by atoms with Gasteiger partial charge in [0.15, 0.2) is 5.15 Å². The Kier molecular flexibility index (Phi) is 2.05. The van der Waals surface area contributed by atoms with Gasteiger partial charge in [0.25, 0.3) is 0 Å². The SMILES string of the molecule is Cc1cnnc(Cl)c1C(=O)O. The molecule has 1 heterocycles. The van der Waals surface area contributed by atoms with E-state index in [1.54, 1.807) is 6.92 Å². The van der Waals surface area contributed by atoms with E-state index in [9.17, 15) is 4.79 Å². The van der Waals surface area contributed by atoms with E-state index in [1.807, 2.05) is 0 Å². The van der Waals surface area contributed by atoms with Crippen LogP contribution in [0.5, 0.6) is 0 Å². The number of carboxylic acid groups (broad SMARTS) is 1. The van der Waals surface area contributed by atoms with Crippen molar-refractivity contribution in [3.63, 3.8) is 0 Å². The molecule has 0 aromatic carbocycles. The molecule has 0 saturated heterocycles. The fraction of sp³-hybridized carbons (Fsp3) is 0.167. The zero-order valence-corrected chi connectivity index (χ0v) is 6.46. The molecule has 0 aliphatic rings. The van der Waals surface area contributed by atoms with E-state index < -0.39 is 5.97 Å². The number of halogens is 1. The van der Waals surface area contributed by atoms with Crippen LogP contribution in [0.2, 0.25) is 5.15 Å². The molecule has 0 aliphatic heterocycles. The third kappa shape index (κ3) is 1.46. The molecule has 0 aliphatic carbocycles. The van der Waals surface area contributed by atoms with Gasteiger partial charge in [0.1, 0.15) is 5.56 Å². The lowest BCUT2D eigenvalue weighted by Gasteiger charge is -1.98. The molecule has 58 valence electrons. The first-order chi connectivity index (χ1) is 5.13. The average molecular weight is 173 g/mol. The van der Waals surface area contributed by atoms with Crippen LogP contribution >= 0.6 is 11.6 Å². The lowest BCUT2D eigenvalue weighted by molar-refractivity contribution is 0.0695. The predicted octanol–water partition coefficient (Wildman–Crippen LogP) is 1.14. The number of carboxylic acids is 1. The van der Waals surface area contributed by atoms with Crippen LogP contribution in [-0.4, -0.2) is 21.3 Å². The highest BCUT2D eigenvalue weighted by molar-refractivity contribution is 6.32. The Morgan fingerprint density at radius 3 is 2.73 bits per heavy atom. The van der Waals surface area contributed by atoms with Gasteiger partial charge in [-0.05, 0) is 12.5 Å². The van der Waals surface area contributed by atoms with Gasteiger partial charge in [-0.1, -0.05) is 11.6 Å². The Morgan fingerprint density at radius 1 is 1.73 bits per heavy atom. The van der Waals surface area contributed by atoms with Crippen molar-refractivity contribution in [3.05, 3.63) is 22.5 Å². The number of carbonyl (C=O) groups is 1. The molecular formula is C6H5ClN2O2. The van der Waals surface area contributed by atoms with Crippen molar-refractivity contribution in [2.45, 2.75) is 6.92 Å². The van der Waals surface area contributed by atoms with Crippen LogP contribution in [-0.2, 0) is 0 Å². The Hall–Kier alpha value is -1.16. The summed E-state index contributed by atoms with van der Waals surface area (Å²) in [4.78, 5) is 10.5. The highest BCUT2D eigenvalue weighted by Crippen LogP contribution is 2.14. The van der Waals surface area contributed by atoms with Crippen LogP contribution in [0.1, 0.15) is 15.9 Å². The van der Waals surface area contributed by atoms with Crippen LogP contribution < -0.4 is 0 Å². The van der Waals surface area contributed by atoms with E-state index in [0.29, 0.717) is 5.56 Å². The van der Waals surface area contributed by atoms with Crippen LogP contribution in [0.4, 0.5) is 0 Å². The molecule has 11 heavy (non-hydrogen) atoms. The summed E-state index contributed by atoms with van der Waals surface area (Å²) in [5, 5.41) is 15.4. The molecule has 0 amide bonds. The van der Waals surface area contributed by atoms with Crippen LogP contribution in [0.3, 0.4) is 0 Å². The first-order valence-electron chi connectivity index (χ1n) is 2.84. The summed E-state index contributed by atoms with van der Waals surface area (Å²) in [6, 6.07) is 0. The summed E-state index contributed by atoms with van der Waals surface area (Å²) >= 11 is 5.47. The maximum absolute atomic E-state index is 10.5. The summed E-state index contributed by atoms with van der Waals surface area (Å²) in [5.74, 6) is -1.08. The number of hydrogen-bond acceptors (Lipinski definition) is 3. The first-order valence-corrected chi connectivity index (χ1v) is 3.22. The lowest BCUT2D eigenvalue weighted by atomic mass is 10.2. The summed E-state index contributed by atoms with van der Waals surface area (Å²) in [6.07, 6.45) is 1.36. The third-order valence-electron chi connectivity index (χ3n) is 1.21. The molecule has 0 unspecified atom stereocenters. The van der Waals surface area contributed by atoms with E-state index in [4.69, 9.17) is 16.7 Å². The topological polar surface area (TPSA) is 63.1 Å². The number of nitrogens with zero attached hydrogens (tertiary/aromatic N) is 2. The van der Waals surface area contributed by atoms with Crippen LogP contribution in [0.15, 0.2) is 6.20 Å². The lowest BCUT2D eigenvalue weighted by Crippen LogP contribution is -2.03. The van der Waals surface area contributed by atoms with Gasteiger partial charge in [-0.25, -0.2) is 4.79 Å². The van der Waals surface area contributed by atoms with E-state index in [1.165, 1.54) is 6.20 Å². The number of aromatic carboxylic acids is 1. The van der Waals surface area contributed by atoms with Gasteiger partial charge in [-0.3, -0.25) is 0 Å². The monoisotopic (exact) mass is 172 g/mol. The van der Waals surface area contributed by atoms with E-state index in [-0.39, 0.29) is 10.7 Å². The Morgan fingerprint density at radius 2 is 2.36 bits per heavy atom. The molecule has 1 aromatic rings. The second-order valence-electron chi connectivity index (χ2n) is 2.00. The zero-order chi connectivity index (χ0) is 8.43. The van der Waals surface area contributed by atoms with Crippen molar-refractivity contribution in [3.8, 4) is 0 Å². The Balaban J connectivity index is 3.32. The first kappa shape index (κ1) is 7.94. The fourth-order valence-corrected chi connectivity index (χ4v) is 0.974. The standard InChI is InChI=1S/C6H5ClN2O2/c1-3-2-8-9-5(7)4(3)6(10)11/h2H,1H3,(H,10,11). The Labute approximate surface area is 67.8 Å². The summed E-state index contributed by atoms with van der Waals surface area (Å²) in [5.41, 5.74) is 0.527. The van der Waals surface area contributed by atoms with E-state index in [2.05, 4.69) is 10.2 Å². The second kappa shape index (κ2) is 2.84. The molecule has 4 nitrogen and oxygen atoms in total. The minimum Gasteiger partial charge on any atom is -0.478 e. The number of hydrogen-bond donors (Lipinski definition) is 1. The molecule has 5 heteroatoms. The molecule has 0 atom stereocenters. The van der Waals surface area contributed by atoms with Crippen LogP contribution in [0, 0.1) is 6.92 Å². The maximum Gasteiger partial charge on any atom is 0.339 e. The fourth-order valence-electron chi connectivity index (χ4n) is 0.700. The number of aryl methyl sites for hydroxylation is 1. The number of rotatable bonds is 1. The van der Waals surface area contributed by atoms with Crippen molar-refractivity contribution < 1.29 is 9.90 Å². The van der Waals surface area contributed by atoms with Gasteiger partial charge in [0.2, 0.25) is 0 Å². The molecule has 0 spiro atoms. The molecule has 1 aromatic heterocycles. The maximum atomic E-state index is 10.5. The van der Waals surface area contributed by atoms with Gasteiger partial charge in [0.05, 0.1) is 6.20 Å². The van der Waals surface area contributed by atoms with Crippen molar-refractivity contribution in [1.82, 2.24) is 10.2 Å². The van der Waals surface area contributed by atoms with Crippen molar-refractivity contribution in [2.75, 3.05) is 0 Å². The van der Waals surface area contributed by atoms with E-state index in [0.717, 1.165) is 0 Å². The summed E-state index contributed by atoms with van der Waals surface area (Å²) in [6.45, 7) is 1.62. The highest BCUT2D eigenvalue weighted by atomic mass is 35.5. The van der Waals surface area contributed by atoms with Crippen molar-refractivity contribution in [2.24, 2.45) is 0 Å². The Bertz CT molecular complexity index is 280. The van der Waals surface area contributed by atoms with Gasteiger partial charge < -0.3 is 5.11 Å². The average Bonchev–Trinajstić information content (AvgIpc) is 1.85. The van der Waals surface area contributed by atoms with Gasteiger partial charge >= 0.3 is 5.97 Å². The second-order valence-corrected chi connectivity index (χ2v) is 2.36. The van der Waals surface area contributed by atoms with E-state index >= 15 is 0 Å². The predicted molar refractivity (Wildman–Crippen MR) is 38.7 cm³/mol. The van der Waals surface area contributed by atoms with Crippen molar-refractivity contribution >= 4 is 17.6 Å². The van der Waals surface area contributed by atoms with Crippen molar-refractivity contribution in [1.29, 1.82) is 0 Å². The summed E-state index contributed by atoms with van der Waals surface area (Å²) < 4.78 is 0. The minimum atomic E-state index is -1.08. The molecule has 1 rings (SSSR count). The molecule has 0 saturated carbocycles. The van der Waals surface area contributed by atoms with Gasteiger partial charge in [-0.15, -0.1) is 5.10 Å². The largest absolute Gasteiger partial charge is 0.478 e. The quantitative estimate of drug-likeness (QED) is 0.690. The van der Waals surface area contributed by atoms with Crippen LogP contribution in [0.25, 0.3) is 0 Å². The molecule has 0 fully saturated rings. The third-order valence-corrected chi connectivity index (χ3v) is 1.48. The molecule has 0 radical (unpaired) electrons. The molecule has 1 N–H and O–H groups in total. The minimum absolute atomic E-state index is 0.0154. The molecular weight excluding hydrogens is 168 g/mol. The zero-order valence-electron chi connectivity index (χ0n) is 5.71. The number of aromatic nitrogens is 2. The van der Waals surface area contributed by atoms with Gasteiger partial charge in [-0.2, -0.15) is 5.10 Å². The smallest absolute Gasteiger partial charge is 0.339 e. The molecule has 0 bridgehead atoms. The van der Waals surface area contributed by atoms with Gasteiger partial charge in [0, 0.05) is 0 Å². The highest BCUT2D eigenvalue weighted by Gasteiger charge is 2.12.